The number of anilines is 2. The Balaban J connectivity index is 2.13. The molecule has 108 valence electrons. The average Bonchev–Trinajstić information content (AvgIpc) is 2.46. The molecule has 21 heavy (non-hydrogen) atoms. The van der Waals surface area contributed by atoms with Crippen LogP contribution in [0.5, 0.6) is 0 Å². The van der Waals surface area contributed by atoms with E-state index in [0.717, 1.165) is 11.3 Å². The van der Waals surface area contributed by atoms with Crippen molar-refractivity contribution in [2.24, 2.45) is 0 Å². The molecule has 0 fully saturated rings. The van der Waals surface area contributed by atoms with Gasteiger partial charge in [0.2, 0.25) is 5.91 Å². The van der Waals surface area contributed by atoms with Gasteiger partial charge in [-0.05, 0) is 29.8 Å². The van der Waals surface area contributed by atoms with E-state index in [1.165, 1.54) is 6.08 Å². The van der Waals surface area contributed by atoms with E-state index in [2.05, 4.69) is 5.32 Å². The van der Waals surface area contributed by atoms with E-state index < -0.39 is 0 Å². The van der Waals surface area contributed by atoms with Crippen LogP contribution in [-0.2, 0) is 4.79 Å². The van der Waals surface area contributed by atoms with Crippen molar-refractivity contribution in [1.29, 1.82) is 0 Å². The van der Waals surface area contributed by atoms with Crippen molar-refractivity contribution in [2.45, 2.75) is 0 Å². The monoisotopic (exact) mass is 300 g/mol. The van der Waals surface area contributed by atoms with Gasteiger partial charge in [-0.1, -0.05) is 41.9 Å². The summed E-state index contributed by atoms with van der Waals surface area (Å²) in [4.78, 5) is 13.9. The summed E-state index contributed by atoms with van der Waals surface area (Å²) in [7, 11) is 3.83. The molecule has 1 amide bonds. The fraction of sp³-hybridized carbons (Fsp3) is 0.118. The Kier molecular flexibility index (Phi) is 5.01. The molecule has 0 heterocycles. The highest BCUT2D eigenvalue weighted by Gasteiger charge is 2.07. The van der Waals surface area contributed by atoms with E-state index in [1.54, 1.807) is 18.2 Å². The first kappa shape index (κ1) is 15.1. The normalized spacial score (nSPS) is 10.6. The molecule has 1 N–H and O–H groups in total. The van der Waals surface area contributed by atoms with Crippen LogP contribution in [0.1, 0.15) is 5.56 Å². The fourth-order valence-electron chi connectivity index (χ4n) is 1.91. The number of carbonyl (C=O) groups is 1. The summed E-state index contributed by atoms with van der Waals surface area (Å²) in [5.41, 5.74) is 2.57. The van der Waals surface area contributed by atoms with Gasteiger partial charge in [0.15, 0.2) is 0 Å². The number of nitrogens with one attached hydrogen (secondary N) is 1. The molecule has 0 saturated heterocycles. The van der Waals surface area contributed by atoms with Gasteiger partial charge in [0.1, 0.15) is 0 Å². The Bertz CT molecular complexity index is 651. The molecule has 0 saturated carbocycles. The van der Waals surface area contributed by atoms with E-state index in [0.29, 0.717) is 10.7 Å². The second-order valence-corrected chi connectivity index (χ2v) is 5.23. The molecule has 3 nitrogen and oxygen atoms in total. The number of halogens is 1. The second kappa shape index (κ2) is 6.95. The molecule has 0 bridgehead atoms. The molecule has 0 atom stereocenters. The average molecular weight is 301 g/mol. The van der Waals surface area contributed by atoms with Gasteiger partial charge in [0.25, 0.3) is 0 Å². The summed E-state index contributed by atoms with van der Waals surface area (Å²) >= 11 is 5.99. The minimum atomic E-state index is -0.191. The van der Waals surface area contributed by atoms with Crippen LogP contribution in [0, 0.1) is 0 Å². The van der Waals surface area contributed by atoms with E-state index in [1.807, 2.05) is 55.4 Å². The van der Waals surface area contributed by atoms with Crippen LogP contribution in [0.3, 0.4) is 0 Å². The van der Waals surface area contributed by atoms with Gasteiger partial charge in [0, 0.05) is 25.2 Å². The molecule has 2 aromatic rings. The van der Waals surface area contributed by atoms with Crippen LogP contribution >= 0.6 is 11.6 Å². The first-order valence-corrected chi connectivity index (χ1v) is 6.95. The number of rotatable bonds is 4. The van der Waals surface area contributed by atoms with Gasteiger partial charge in [-0.15, -0.1) is 0 Å². The lowest BCUT2D eigenvalue weighted by atomic mass is 10.2. The maximum absolute atomic E-state index is 12.0. The summed E-state index contributed by atoms with van der Waals surface area (Å²) in [6.45, 7) is 0. The van der Waals surface area contributed by atoms with Crippen molar-refractivity contribution >= 4 is 35.0 Å². The Morgan fingerprint density at radius 2 is 1.86 bits per heavy atom. The lowest BCUT2D eigenvalue weighted by molar-refractivity contribution is -0.111. The lowest BCUT2D eigenvalue weighted by Crippen LogP contribution is -2.15. The molecule has 0 aromatic heterocycles. The fourth-order valence-corrected chi connectivity index (χ4v) is 2.08. The third-order valence-electron chi connectivity index (χ3n) is 2.93. The second-order valence-electron chi connectivity index (χ2n) is 4.79. The van der Waals surface area contributed by atoms with Gasteiger partial charge >= 0.3 is 0 Å². The zero-order chi connectivity index (χ0) is 15.2. The van der Waals surface area contributed by atoms with Crippen LogP contribution in [0.4, 0.5) is 11.4 Å². The summed E-state index contributed by atoms with van der Waals surface area (Å²) in [6.07, 6.45) is 3.28. The highest BCUT2D eigenvalue weighted by Crippen LogP contribution is 2.27. The van der Waals surface area contributed by atoms with Crippen molar-refractivity contribution in [3.8, 4) is 0 Å². The smallest absolute Gasteiger partial charge is 0.248 e. The molecule has 0 radical (unpaired) electrons. The van der Waals surface area contributed by atoms with Crippen LogP contribution in [0.25, 0.3) is 6.08 Å². The van der Waals surface area contributed by atoms with Crippen LogP contribution in [0.2, 0.25) is 5.02 Å². The zero-order valence-corrected chi connectivity index (χ0v) is 12.8. The Labute approximate surface area is 129 Å². The van der Waals surface area contributed by atoms with E-state index >= 15 is 0 Å². The van der Waals surface area contributed by atoms with Crippen molar-refractivity contribution in [1.82, 2.24) is 0 Å². The Morgan fingerprint density at radius 1 is 1.14 bits per heavy atom. The lowest BCUT2D eigenvalue weighted by Gasteiger charge is -2.17. The highest BCUT2D eigenvalue weighted by molar-refractivity contribution is 6.31. The number of hydrogen-bond acceptors (Lipinski definition) is 2. The number of hydrogen-bond donors (Lipinski definition) is 1. The zero-order valence-electron chi connectivity index (χ0n) is 12.0. The first-order chi connectivity index (χ1) is 10.1. The maximum Gasteiger partial charge on any atom is 0.248 e. The third kappa shape index (κ3) is 4.36. The van der Waals surface area contributed by atoms with Gasteiger partial charge in [0.05, 0.1) is 11.4 Å². The van der Waals surface area contributed by atoms with Crippen molar-refractivity contribution in [3.05, 3.63) is 65.2 Å². The summed E-state index contributed by atoms with van der Waals surface area (Å²) in [6, 6.07) is 15.1. The van der Waals surface area contributed by atoms with E-state index in [-0.39, 0.29) is 5.91 Å². The molecule has 4 heteroatoms. The predicted octanol–water partition coefficient (Wildman–Crippen LogP) is 4.06. The van der Waals surface area contributed by atoms with Crippen LogP contribution in [-0.4, -0.2) is 20.0 Å². The number of nitrogens with zero attached hydrogens (tertiary/aromatic N) is 1. The standard InChI is InChI=1S/C17H17ClN2O/c1-20(2)16-10-9-14(18)12-15(16)19-17(21)11-8-13-6-4-3-5-7-13/h3-12H,1-2H3,(H,19,21)/b11-8+. The minimum Gasteiger partial charge on any atom is -0.376 e. The van der Waals surface area contributed by atoms with Crippen molar-refractivity contribution in [2.75, 3.05) is 24.3 Å². The Hall–Kier alpha value is -2.26. The molecule has 0 aliphatic rings. The number of amides is 1. The SMILES string of the molecule is CN(C)c1ccc(Cl)cc1NC(=O)/C=C/c1ccccc1. The minimum absolute atomic E-state index is 0.191. The quantitative estimate of drug-likeness (QED) is 0.864. The van der Waals surface area contributed by atoms with Crippen molar-refractivity contribution in [3.63, 3.8) is 0 Å². The van der Waals surface area contributed by atoms with Crippen LogP contribution in [0.15, 0.2) is 54.6 Å². The molecular weight excluding hydrogens is 284 g/mol. The maximum atomic E-state index is 12.0. The number of benzene rings is 2. The van der Waals surface area contributed by atoms with E-state index in [9.17, 15) is 4.79 Å². The Morgan fingerprint density at radius 3 is 2.52 bits per heavy atom. The van der Waals surface area contributed by atoms with Crippen molar-refractivity contribution < 1.29 is 4.79 Å². The molecule has 2 rings (SSSR count). The molecular formula is C17H17ClN2O. The van der Waals surface area contributed by atoms with Gasteiger partial charge in [-0.25, -0.2) is 0 Å². The van der Waals surface area contributed by atoms with Gasteiger partial charge in [-0.2, -0.15) is 0 Å². The summed E-state index contributed by atoms with van der Waals surface area (Å²) < 4.78 is 0. The molecule has 0 aliphatic carbocycles. The molecule has 0 unspecified atom stereocenters. The topological polar surface area (TPSA) is 32.3 Å². The summed E-state index contributed by atoms with van der Waals surface area (Å²) in [5, 5.41) is 3.44. The predicted molar refractivity (Wildman–Crippen MR) is 89.9 cm³/mol. The van der Waals surface area contributed by atoms with Gasteiger partial charge < -0.3 is 10.2 Å². The largest absolute Gasteiger partial charge is 0.376 e. The highest BCUT2D eigenvalue weighted by atomic mass is 35.5. The summed E-state index contributed by atoms with van der Waals surface area (Å²) in [5.74, 6) is -0.191. The first-order valence-electron chi connectivity index (χ1n) is 6.57. The third-order valence-corrected chi connectivity index (χ3v) is 3.16. The molecule has 0 spiro atoms. The number of carbonyl (C=O) groups excluding carboxylic acids is 1. The molecule has 0 aliphatic heterocycles. The van der Waals surface area contributed by atoms with E-state index in [4.69, 9.17) is 11.6 Å². The van der Waals surface area contributed by atoms with Gasteiger partial charge in [-0.3, -0.25) is 4.79 Å². The molecule has 2 aromatic carbocycles. The van der Waals surface area contributed by atoms with Crippen LogP contribution < -0.4 is 10.2 Å².